The maximum Gasteiger partial charge on any atom is 0.249 e. The second-order valence-electron chi connectivity index (χ2n) is 3.13. The lowest BCUT2D eigenvalue weighted by atomic mass is 10.2. The molecule has 0 aromatic carbocycles. The summed E-state index contributed by atoms with van der Waals surface area (Å²) in [7, 11) is 0. The Kier molecular flexibility index (Phi) is 5.51. The van der Waals surface area contributed by atoms with E-state index in [1.807, 2.05) is 0 Å². The maximum atomic E-state index is 11.3. The molecule has 1 saturated heterocycles. The molecule has 0 aliphatic carbocycles. The van der Waals surface area contributed by atoms with Crippen molar-refractivity contribution in [2.75, 3.05) is 33.0 Å². The number of carbonyl (C=O) groups excluding carboxylic acids is 1. The van der Waals surface area contributed by atoms with Crippen molar-refractivity contribution in [1.29, 1.82) is 0 Å². The average molecular weight is 203 g/mol. The van der Waals surface area contributed by atoms with E-state index in [1.165, 1.54) is 0 Å². The van der Waals surface area contributed by atoms with E-state index in [1.54, 1.807) is 0 Å². The molecule has 1 aliphatic rings. The SMILES string of the molecule is O=C(NCCOCCO)[C@H]1CCCO1. The minimum absolute atomic E-state index is 0.0136. The van der Waals surface area contributed by atoms with Crippen LogP contribution in [0, 0.1) is 0 Å². The molecule has 1 aliphatic heterocycles. The molecule has 0 aromatic heterocycles. The molecule has 14 heavy (non-hydrogen) atoms. The minimum atomic E-state index is -0.271. The van der Waals surface area contributed by atoms with Gasteiger partial charge in [0.25, 0.3) is 0 Å². The van der Waals surface area contributed by atoms with Crippen molar-refractivity contribution in [2.45, 2.75) is 18.9 Å². The van der Waals surface area contributed by atoms with E-state index in [9.17, 15) is 4.79 Å². The summed E-state index contributed by atoms with van der Waals surface area (Å²) in [6, 6.07) is 0. The Hall–Kier alpha value is -0.650. The molecule has 2 N–H and O–H groups in total. The zero-order valence-electron chi connectivity index (χ0n) is 8.20. The van der Waals surface area contributed by atoms with Crippen LogP contribution in [0.15, 0.2) is 0 Å². The number of nitrogens with one attached hydrogen (secondary N) is 1. The average Bonchev–Trinajstić information content (AvgIpc) is 2.70. The highest BCUT2D eigenvalue weighted by Crippen LogP contribution is 2.11. The molecule has 82 valence electrons. The Morgan fingerprint density at radius 1 is 1.57 bits per heavy atom. The monoisotopic (exact) mass is 203 g/mol. The van der Waals surface area contributed by atoms with E-state index in [0.29, 0.717) is 26.4 Å². The lowest BCUT2D eigenvalue weighted by Gasteiger charge is -2.10. The van der Waals surface area contributed by atoms with Gasteiger partial charge in [0.2, 0.25) is 5.91 Å². The third-order valence-electron chi connectivity index (χ3n) is 2.00. The first-order valence-corrected chi connectivity index (χ1v) is 4.92. The number of aliphatic hydroxyl groups is 1. The normalized spacial score (nSPS) is 21.1. The largest absolute Gasteiger partial charge is 0.394 e. The van der Waals surface area contributed by atoms with Gasteiger partial charge in [-0.1, -0.05) is 0 Å². The standard InChI is InChI=1S/C9H17NO4/c11-4-7-13-6-3-10-9(12)8-2-1-5-14-8/h8,11H,1-7H2,(H,10,12)/t8-/m1/s1. The predicted molar refractivity (Wildman–Crippen MR) is 49.9 cm³/mol. The fourth-order valence-electron chi connectivity index (χ4n) is 1.31. The van der Waals surface area contributed by atoms with Gasteiger partial charge < -0.3 is 19.9 Å². The van der Waals surface area contributed by atoms with E-state index < -0.39 is 0 Å². The van der Waals surface area contributed by atoms with Crippen molar-refractivity contribution in [3.05, 3.63) is 0 Å². The van der Waals surface area contributed by atoms with Crippen molar-refractivity contribution in [2.24, 2.45) is 0 Å². The van der Waals surface area contributed by atoms with Gasteiger partial charge in [-0.3, -0.25) is 4.79 Å². The fraction of sp³-hybridized carbons (Fsp3) is 0.889. The summed E-state index contributed by atoms with van der Waals surface area (Å²) in [6.07, 6.45) is 1.50. The zero-order chi connectivity index (χ0) is 10.2. The van der Waals surface area contributed by atoms with Crippen LogP contribution in [0.4, 0.5) is 0 Å². The highest BCUT2D eigenvalue weighted by atomic mass is 16.5. The summed E-state index contributed by atoms with van der Waals surface area (Å²) in [4.78, 5) is 11.3. The van der Waals surface area contributed by atoms with Crippen LogP contribution in [0.25, 0.3) is 0 Å². The van der Waals surface area contributed by atoms with Crippen LogP contribution >= 0.6 is 0 Å². The molecule has 0 spiro atoms. The first kappa shape index (κ1) is 11.4. The van der Waals surface area contributed by atoms with Gasteiger partial charge in [0.15, 0.2) is 0 Å². The molecule has 1 amide bonds. The topological polar surface area (TPSA) is 67.8 Å². The van der Waals surface area contributed by atoms with Crippen LogP contribution in [0.2, 0.25) is 0 Å². The third kappa shape index (κ3) is 4.04. The molecule has 1 fully saturated rings. The van der Waals surface area contributed by atoms with Crippen molar-refractivity contribution < 1.29 is 19.4 Å². The van der Waals surface area contributed by atoms with Gasteiger partial charge in [-0.15, -0.1) is 0 Å². The number of ether oxygens (including phenoxy) is 2. The number of carbonyl (C=O) groups is 1. The summed E-state index contributed by atoms with van der Waals surface area (Å²) in [5.74, 6) is -0.0601. The summed E-state index contributed by atoms with van der Waals surface area (Å²) in [5, 5.41) is 11.1. The number of hydrogen-bond donors (Lipinski definition) is 2. The first-order valence-electron chi connectivity index (χ1n) is 4.92. The second kappa shape index (κ2) is 6.75. The van der Waals surface area contributed by atoms with Crippen LogP contribution < -0.4 is 5.32 Å². The third-order valence-corrected chi connectivity index (χ3v) is 2.00. The molecule has 1 atom stereocenters. The lowest BCUT2D eigenvalue weighted by Crippen LogP contribution is -2.36. The molecular weight excluding hydrogens is 186 g/mol. The zero-order valence-corrected chi connectivity index (χ0v) is 8.20. The molecular formula is C9H17NO4. The molecule has 0 bridgehead atoms. The molecule has 0 radical (unpaired) electrons. The summed E-state index contributed by atoms with van der Waals surface area (Å²) >= 11 is 0. The highest BCUT2D eigenvalue weighted by Gasteiger charge is 2.22. The van der Waals surface area contributed by atoms with Crippen LogP contribution in [0.1, 0.15) is 12.8 Å². The maximum absolute atomic E-state index is 11.3. The summed E-state index contributed by atoms with van der Waals surface area (Å²) in [6.45, 7) is 1.91. The summed E-state index contributed by atoms with van der Waals surface area (Å²) < 4.78 is 10.2. The molecule has 0 aromatic rings. The Morgan fingerprint density at radius 2 is 2.43 bits per heavy atom. The van der Waals surface area contributed by atoms with Gasteiger partial charge in [-0.2, -0.15) is 0 Å². The van der Waals surface area contributed by atoms with Gasteiger partial charge >= 0.3 is 0 Å². The number of rotatable bonds is 6. The van der Waals surface area contributed by atoms with E-state index in [2.05, 4.69) is 5.32 Å². The van der Waals surface area contributed by atoms with E-state index in [4.69, 9.17) is 14.6 Å². The van der Waals surface area contributed by atoms with Crippen molar-refractivity contribution in [3.8, 4) is 0 Å². The highest BCUT2D eigenvalue weighted by molar-refractivity contribution is 5.80. The molecule has 1 heterocycles. The first-order chi connectivity index (χ1) is 6.84. The summed E-state index contributed by atoms with van der Waals surface area (Å²) in [5.41, 5.74) is 0. The van der Waals surface area contributed by atoms with Crippen molar-refractivity contribution in [1.82, 2.24) is 5.32 Å². The minimum Gasteiger partial charge on any atom is -0.394 e. The van der Waals surface area contributed by atoms with Crippen molar-refractivity contribution in [3.63, 3.8) is 0 Å². The predicted octanol–water partition coefficient (Wildman–Crippen LogP) is -0.710. The molecule has 5 heteroatoms. The van der Waals surface area contributed by atoms with Crippen LogP contribution in [-0.4, -0.2) is 50.1 Å². The smallest absolute Gasteiger partial charge is 0.249 e. The van der Waals surface area contributed by atoms with Gasteiger partial charge in [0, 0.05) is 13.2 Å². The fourth-order valence-corrected chi connectivity index (χ4v) is 1.31. The van der Waals surface area contributed by atoms with E-state index in [-0.39, 0.29) is 18.6 Å². The van der Waals surface area contributed by atoms with Crippen LogP contribution in [-0.2, 0) is 14.3 Å². The molecule has 0 saturated carbocycles. The Bertz CT molecular complexity index is 168. The van der Waals surface area contributed by atoms with Gasteiger partial charge in [-0.05, 0) is 12.8 Å². The Balaban J connectivity index is 1.97. The van der Waals surface area contributed by atoms with Gasteiger partial charge in [-0.25, -0.2) is 0 Å². The number of amides is 1. The van der Waals surface area contributed by atoms with Gasteiger partial charge in [0.05, 0.1) is 19.8 Å². The van der Waals surface area contributed by atoms with E-state index in [0.717, 1.165) is 12.8 Å². The van der Waals surface area contributed by atoms with Crippen LogP contribution in [0.3, 0.4) is 0 Å². The van der Waals surface area contributed by atoms with E-state index >= 15 is 0 Å². The molecule has 1 rings (SSSR count). The Labute approximate surface area is 83.4 Å². The second-order valence-corrected chi connectivity index (χ2v) is 3.13. The van der Waals surface area contributed by atoms with Crippen molar-refractivity contribution >= 4 is 5.91 Å². The molecule has 5 nitrogen and oxygen atoms in total. The van der Waals surface area contributed by atoms with Crippen LogP contribution in [0.5, 0.6) is 0 Å². The number of hydrogen-bond acceptors (Lipinski definition) is 4. The molecule has 0 unspecified atom stereocenters. The Morgan fingerprint density at radius 3 is 3.07 bits per heavy atom. The quantitative estimate of drug-likeness (QED) is 0.560. The van der Waals surface area contributed by atoms with Gasteiger partial charge in [0.1, 0.15) is 6.10 Å². The lowest BCUT2D eigenvalue weighted by molar-refractivity contribution is -0.130. The number of aliphatic hydroxyl groups excluding tert-OH is 1.